The molecule has 320 valence electrons. The summed E-state index contributed by atoms with van der Waals surface area (Å²) < 4.78 is 0. The number of carbonyl (C=O) groups is 2. The predicted octanol–water partition coefficient (Wildman–Crippen LogP) is 10.5. The Balaban J connectivity index is 1.36. The number of phenolic OH excluding ortho intramolecular Hbond substituents is 2. The number of phenols is 2. The molecule has 7 nitrogen and oxygen atoms in total. The lowest BCUT2D eigenvalue weighted by atomic mass is 9.44. The third-order valence-electron chi connectivity index (χ3n) is 16.2. The SMILES string of the molecule is C/C(=C/CC/C(C)=C\CC/C(=C/Cc1cc(O)ccc1O)C(=O)[C@H](CC[C@@H](C)[C@H]1CC[C@@]2(C)C3=CC[C@H]4C(C)(C)C(=O)CC[C@]4(C)C3=CC[C@]12C)[C@](C)(O)CO)CO. The highest BCUT2D eigenvalue weighted by Gasteiger charge is 2.63. The molecule has 0 saturated heterocycles. The van der Waals surface area contributed by atoms with Gasteiger partial charge < -0.3 is 25.5 Å². The molecule has 8 atom stereocenters. The van der Waals surface area contributed by atoms with Crippen LogP contribution in [0.5, 0.6) is 11.5 Å². The van der Waals surface area contributed by atoms with Gasteiger partial charge in [0.25, 0.3) is 0 Å². The average molecular weight is 799 g/mol. The number of ketones is 2. The summed E-state index contributed by atoms with van der Waals surface area (Å²) in [5.74, 6) is 0.442. The summed E-state index contributed by atoms with van der Waals surface area (Å²) in [6.45, 7) is 19.0. The Kier molecular flexibility index (Phi) is 14.0. The Labute approximate surface area is 349 Å². The maximum absolute atomic E-state index is 14.7. The van der Waals surface area contributed by atoms with E-state index in [1.165, 1.54) is 34.9 Å². The number of fused-ring (bicyclic) bond motifs is 5. The monoisotopic (exact) mass is 799 g/mol. The topological polar surface area (TPSA) is 135 Å². The molecule has 7 heteroatoms. The normalized spacial score (nSPS) is 30.7. The molecule has 0 radical (unpaired) electrons. The standard InChI is InChI=1S/C51H74O7/c1-33(12-10-14-34(2)31-52)13-11-15-36(17-18-37-30-38(54)19-22-43(37)55)46(57)42(51(9,58)32-53)20-16-35(3)39-24-28-50(8)41-21-23-44-47(4,5)45(56)26-27-48(44,6)40(41)25-29-49(39,50)7/h13-14,17,19,21-22,25,30,35,39,42,44,52-55,58H,10-12,15-16,18,20,23-24,26-29,31-32H2,1-9H3/b33-13-,34-14-,36-17-/t35-,39-,42+,44+,48-,49-,50+,51-/m1/s1. The lowest BCUT2D eigenvalue weighted by molar-refractivity contribution is -0.138. The quantitative estimate of drug-likeness (QED) is 0.0601. The van der Waals surface area contributed by atoms with Crippen molar-refractivity contribution in [3.63, 3.8) is 0 Å². The number of hydrogen-bond donors (Lipinski definition) is 5. The average Bonchev–Trinajstić information content (AvgIpc) is 3.46. The highest BCUT2D eigenvalue weighted by atomic mass is 16.3. The summed E-state index contributed by atoms with van der Waals surface area (Å²) in [4.78, 5) is 27.8. The van der Waals surface area contributed by atoms with E-state index in [0.29, 0.717) is 54.4 Å². The maximum atomic E-state index is 14.7. The number of aliphatic hydroxyl groups is 3. The number of benzene rings is 1. The van der Waals surface area contributed by atoms with Crippen LogP contribution >= 0.6 is 0 Å². The molecular weight excluding hydrogens is 725 g/mol. The molecule has 0 bridgehead atoms. The molecule has 4 aliphatic carbocycles. The van der Waals surface area contributed by atoms with Gasteiger partial charge in [0.1, 0.15) is 17.3 Å². The number of aliphatic hydroxyl groups excluding tert-OH is 2. The highest BCUT2D eigenvalue weighted by Crippen LogP contribution is 2.71. The van der Waals surface area contributed by atoms with Gasteiger partial charge in [-0.3, -0.25) is 9.59 Å². The predicted molar refractivity (Wildman–Crippen MR) is 233 cm³/mol. The Hall–Kier alpha value is -3.26. The van der Waals surface area contributed by atoms with Crippen LogP contribution in [0.2, 0.25) is 0 Å². The zero-order valence-electron chi connectivity index (χ0n) is 37.1. The van der Waals surface area contributed by atoms with Gasteiger partial charge in [-0.1, -0.05) is 83.1 Å². The van der Waals surface area contributed by atoms with Gasteiger partial charge in [0.2, 0.25) is 0 Å². The Morgan fingerprint density at radius 1 is 0.931 bits per heavy atom. The third-order valence-corrected chi connectivity index (χ3v) is 16.2. The Morgan fingerprint density at radius 2 is 1.62 bits per heavy atom. The molecule has 1 aromatic carbocycles. The van der Waals surface area contributed by atoms with E-state index >= 15 is 0 Å². The number of aromatic hydroxyl groups is 2. The fourth-order valence-corrected chi connectivity index (χ4v) is 11.9. The molecule has 5 N–H and O–H groups in total. The second-order valence-corrected chi connectivity index (χ2v) is 20.3. The zero-order chi connectivity index (χ0) is 42.8. The summed E-state index contributed by atoms with van der Waals surface area (Å²) in [6, 6.07) is 4.37. The lowest BCUT2D eigenvalue weighted by Crippen LogP contribution is -2.53. The molecule has 4 aliphatic rings. The van der Waals surface area contributed by atoms with Gasteiger partial charge in [-0.15, -0.1) is 0 Å². The summed E-state index contributed by atoms with van der Waals surface area (Å²) in [7, 11) is 0. The first-order valence-corrected chi connectivity index (χ1v) is 22.1. The Morgan fingerprint density at radius 3 is 2.31 bits per heavy atom. The van der Waals surface area contributed by atoms with Crippen LogP contribution < -0.4 is 0 Å². The van der Waals surface area contributed by atoms with E-state index in [-0.39, 0.29) is 57.9 Å². The van der Waals surface area contributed by atoms with Crippen molar-refractivity contribution in [2.75, 3.05) is 13.2 Å². The maximum Gasteiger partial charge on any atom is 0.164 e. The fraction of sp³-hybridized carbons (Fsp3) is 0.647. The molecule has 1 aromatic rings. The molecular formula is C51H74O7. The van der Waals surface area contributed by atoms with Crippen molar-refractivity contribution >= 4 is 11.6 Å². The van der Waals surface area contributed by atoms with E-state index in [0.717, 1.165) is 56.9 Å². The van der Waals surface area contributed by atoms with Crippen LogP contribution in [0.15, 0.2) is 76.4 Å². The summed E-state index contributed by atoms with van der Waals surface area (Å²) in [6.07, 6.45) is 20.8. The van der Waals surface area contributed by atoms with Crippen molar-refractivity contribution in [1.29, 1.82) is 0 Å². The number of rotatable bonds is 17. The molecule has 0 aromatic heterocycles. The summed E-state index contributed by atoms with van der Waals surface area (Å²) in [5.41, 5.74) is 4.23. The number of Topliss-reactive ketones (excluding diaryl/α,β-unsaturated/α-hetero) is 2. The third kappa shape index (κ3) is 8.79. The van der Waals surface area contributed by atoms with Gasteiger partial charge >= 0.3 is 0 Å². The van der Waals surface area contributed by atoms with Crippen molar-refractivity contribution in [3.05, 3.63) is 82.0 Å². The molecule has 0 aliphatic heterocycles. The van der Waals surface area contributed by atoms with E-state index in [1.807, 2.05) is 19.1 Å². The smallest absolute Gasteiger partial charge is 0.164 e. The van der Waals surface area contributed by atoms with Gasteiger partial charge in [-0.25, -0.2) is 0 Å². The minimum atomic E-state index is -1.63. The van der Waals surface area contributed by atoms with Crippen molar-refractivity contribution < 1.29 is 35.1 Å². The van der Waals surface area contributed by atoms with Gasteiger partial charge in [-0.05, 0) is 167 Å². The summed E-state index contributed by atoms with van der Waals surface area (Å²) >= 11 is 0. The first-order chi connectivity index (χ1) is 27.2. The molecule has 0 unspecified atom stereocenters. The van der Waals surface area contributed by atoms with Crippen LogP contribution in [-0.2, 0) is 16.0 Å². The van der Waals surface area contributed by atoms with Crippen LogP contribution in [0, 0.1) is 45.3 Å². The van der Waals surface area contributed by atoms with E-state index in [1.54, 1.807) is 6.92 Å². The van der Waals surface area contributed by atoms with Crippen molar-refractivity contribution in [2.24, 2.45) is 45.3 Å². The first kappa shape index (κ1) is 45.8. The highest BCUT2D eigenvalue weighted by molar-refractivity contribution is 5.98. The molecule has 2 fully saturated rings. The van der Waals surface area contributed by atoms with E-state index in [4.69, 9.17) is 0 Å². The van der Waals surface area contributed by atoms with E-state index in [2.05, 4.69) is 66.7 Å². The van der Waals surface area contributed by atoms with Gasteiger partial charge in [0, 0.05) is 17.4 Å². The van der Waals surface area contributed by atoms with Crippen LogP contribution in [0.1, 0.15) is 145 Å². The number of carbonyl (C=O) groups excluding carboxylic acids is 2. The molecule has 0 heterocycles. The second-order valence-electron chi connectivity index (χ2n) is 20.3. The van der Waals surface area contributed by atoms with Crippen LogP contribution in [-0.4, -0.2) is 55.9 Å². The molecule has 0 spiro atoms. The van der Waals surface area contributed by atoms with E-state index < -0.39 is 18.1 Å². The molecule has 5 rings (SSSR count). The minimum Gasteiger partial charge on any atom is -0.508 e. The molecule has 0 amide bonds. The van der Waals surface area contributed by atoms with Crippen LogP contribution in [0.4, 0.5) is 0 Å². The van der Waals surface area contributed by atoms with Gasteiger partial charge in [0.15, 0.2) is 5.78 Å². The van der Waals surface area contributed by atoms with Gasteiger partial charge in [0.05, 0.1) is 24.7 Å². The van der Waals surface area contributed by atoms with E-state index in [9.17, 15) is 35.1 Å². The van der Waals surface area contributed by atoms with Crippen molar-refractivity contribution in [1.82, 2.24) is 0 Å². The van der Waals surface area contributed by atoms with Crippen LogP contribution in [0.25, 0.3) is 0 Å². The van der Waals surface area contributed by atoms with Gasteiger partial charge in [-0.2, -0.15) is 0 Å². The number of allylic oxidation sites excluding steroid dienone is 9. The van der Waals surface area contributed by atoms with Crippen molar-refractivity contribution in [2.45, 2.75) is 151 Å². The minimum absolute atomic E-state index is 0.00484. The number of hydrogen-bond acceptors (Lipinski definition) is 7. The summed E-state index contributed by atoms with van der Waals surface area (Å²) in [5, 5.41) is 52.1. The zero-order valence-corrected chi connectivity index (χ0v) is 37.1. The van der Waals surface area contributed by atoms with Crippen molar-refractivity contribution in [3.8, 4) is 11.5 Å². The second kappa shape index (κ2) is 17.8. The van der Waals surface area contributed by atoms with Crippen LogP contribution in [0.3, 0.4) is 0 Å². The first-order valence-electron chi connectivity index (χ1n) is 22.1. The fourth-order valence-electron chi connectivity index (χ4n) is 11.9. The molecule has 2 saturated carbocycles. The lowest BCUT2D eigenvalue weighted by Gasteiger charge is -2.59. The Bertz CT molecular complexity index is 1860. The molecule has 58 heavy (non-hydrogen) atoms. The largest absolute Gasteiger partial charge is 0.508 e.